The summed E-state index contributed by atoms with van der Waals surface area (Å²) in [6.45, 7) is 2.40. The average Bonchev–Trinajstić information content (AvgIpc) is 3.18. The molecular formula is C20H17ClN2O2. The number of aromatic amines is 1. The van der Waals surface area contributed by atoms with Crippen LogP contribution in [0, 0.1) is 6.92 Å². The third kappa shape index (κ3) is 2.79. The number of carbonyl (C=O) groups excluding carboxylic acids is 1. The van der Waals surface area contributed by atoms with Crippen molar-refractivity contribution in [3.63, 3.8) is 0 Å². The van der Waals surface area contributed by atoms with Gasteiger partial charge < -0.3 is 14.7 Å². The van der Waals surface area contributed by atoms with E-state index in [2.05, 4.69) is 16.4 Å². The first-order valence-corrected chi connectivity index (χ1v) is 8.54. The van der Waals surface area contributed by atoms with Crippen LogP contribution in [0.1, 0.15) is 21.7 Å². The van der Waals surface area contributed by atoms with Crippen molar-refractivity contribution in [2.75, 3.05) is 6.54 Å². The number of aryl methyl sites for hydroxylation is 1. The first-order chi connectivity index (χ1) is 12.1. The topological polar surface area (TPSA) is 58.0 Å². The van der Waals surface area contributed by atoms with Crippen molar-refractivity contribution in [2.45, 2.75) is 13.3 Å². The van der Waals surface area contributed by atoms with Crippen LogP contribution < -0.4 is 5.32 Å². The molecule has 2 aromatic carbocycles. The lowest BCUT2D eigenvalue weighted by Gasteiger charge is -2.03. The number of hydrogen-bond acceptors (Lipinski definition) is 2. The molecule has 0 saturated carbocycles. The fraction of sp³-hybridized carbons (Fsp3) is 0.150. The second-order valence-electron chi connectivity index (χ2n) is 6.04. The number of H-pyrrole nitrogens is 1. The van der Waals surface area contributed by atoms with Crippen LogP contribution in [0.4, 0.5) is 0 Å². The molecule has 0 aliphatic heterocycles. The average molecular weight is 353 g/mol. The summed E-state index contributed by atoms with van der Waals surface area (Å²) in [4.78, 5) is 15.7. The lowest BCUT2D eigenvalue weighted by Crippen LogP contribution is -2.25. The largest absolute Gasteiger partial charge is 0.449 e. The molecule has 0 radical (unpaired) electrons. The summed E-state index contributed by atoms with van der Waals surface area (Å²) < 4.78 is 5.70. The Labute approximate surface area is 149 Å². The molecule has 0 aliphatic carbocycles. The highest BCUT2D eigenvalue weighted by Crippen LogP contribution is 2.30. The summed E-state index contributed by atoms with van der Waals surface area (Å²) in [5, 5.41) is 5.50. The summed E-state index contributed by atoms with van der Waals surface area (Å²) in [7, 11) is 0. The lowest BCUT2D eigenvalue weighted by molar-refractivity contribution is 0.0928. The van der Waals surface area contributed by atoms with Crippen LogP contribution in [0.2, 0.25) is 5.02 Å². The van der Waals surface area contributed by atoms with E-state index in [4.69, 9.17) is 16.0 Å². The molecule has 0 aliphatic rings. The second kappa shape index (κ2) is 6.30. The minimum atomic E-state index is -0.218. The van der Waals surface area contributed by atoms with Gasteiger partial charge in [-0.25, -0.2) is 0 Å². The summed E-state index contributed by atoms with van der Waals surface area (Å²) >= 11 is 6.15. The molecule has 4 nitrogen and oxygen atoms in total. The molecule has 0 fully saturated rings. The summed E-state index contributed by atoms with van der Waals surface area (Å²) in [5.41, 5.74) is 3.65. The van der Waals surface area contributed by atoms with E-state index >= 15 is 0 Å². The molecule has 0 atom stereocenters. The van der Waals surface area contributed by atoms with E-state index < -0.39 is 0 Å². The molecule has 5 heteroatoms. The van der Waals surface area contributed by atoms with Crippen molar-refractivity contribution in [2.24, 2.45) is 0 Å². The molecule has 0 spiro atoms. The zero-order valence-corrected chi connectivity index (χ0v) is 14.5. The number of fused-ring (bicyclic) bond motifs is 2. The predicted molar refractivity (Wildman–Crippen MR) is 100 cm³/mol. The number of rotatable bonds is 4. The number of carbonyl (C=O) groups is 1. The number of hydrogen-bond donors (Lipinski definition) is 2. The minimum absolute atomic E-state index is 0.218. The Kier molecular flexibility index (Phi) is 3.98. The lowest BCUT2D eigenvalue weighted by atomic mass is 10.1. The fourth-order valence-corrected chi connectivity index (χ4v) is 3.37. The predicted octanol–water partition coefficient (Wildman–Crippen LogP) is 4.85. The Balaban J connectivity index is 1.49. The summed E-state index contributed by atoms with van der Waals surface area (Å²) in [5.74, 6) is 0.103. The summed E-state index contributed by atoms with van der Waals surface area (Å²) in [6, 6.07) is 13.6. The van der Waals surface area contributed by atoms with E-state index in [-0.39, 0.29) is 5.91 Å². The van der Waals surface area contributed by atoms with Crippen molar-refractivity contribution in [3.8, 4) is 0 Å². The zero-order chi connectivity index (χ0) is 17.4. The maximum Gasteiger partial charge on any atom is 0.287 e. The number of para-hydroxylation sites is 2. The Morgan fingerprint density at radius 2 is 1.96 bits per heavy atom. The Morgan fingerprint density at radius 1 is 1.16 bits per heavy atom. The van der Waals surface area contributed by atoms with Gasteiger partial charge in [-0.05, 0) is 31.0 Å². The fourth-order valence-electron chi connectivity index (χ4n) is 3.15. The highest BCUT2D eigenvalue weighted by molar-refractivity contribution is 6.35. The van der Waals surface area contributed by atoms with Crippen molar-refractivity contribution < 1.29 is 9.21 Å². The van der Waals surface area contributed by atoms with Gasteiger partial charge in [0.05, 0.1) is 5.02 Å². The molecule has 0 saturated heterocycles. The van der Waals surface area contributed by atoms with Crippen LogP contribution in [0.3, 0.4) is 0 Å². The second-order valence-corrected chi connectivity index (χ2v) is 6.45. The number of nitrogens with one attached hydrogen (secondary N) is 2. The normalized spacial score (nSPS) is 11.3. The van der Waals surface area contributed by atoms with Gasteiger partial charge in [0, 0.05) is 34.6 Å². The molecular weight excluding hydrogens is 336 g/mol. The summed E-state index contributed by atoms with van der Waals surface area (Å²) in [6.07, 6.45) is 2.73. The number of halogens is 1. The van der Waals surface area contributed by atoms with E-state index in [9.17, 15) is 4.79 Å². The van der Waals surface area contributed by atoms with E-state index in [0.29, 0.717) is 22.9 Å². The monoisotopic (exact) mass is 352 g/mol. The third-order valence-electron chi connectivity index (χ3n) is 4.48. The zero-order valence-electron chi connectivity index (χ0n) is 13.7. The molecule has 126 valence electrons. The maximum atomic E-state index is 12.5. The van der Waals surface area contributed by atoms with Gasteiger partial charge in [0.25, 0.3) is 5.91 Å². The van der Waals surface area contributed by atoms with Crippen LogP contribution in [-0.2, 0) is 6.42 Å². The maximum absolute atomic E-state index is 12.5. The van der Waals surface area contributed by atoms with E-state index in [1.807, 2.05) is 43.5 Å². The molecule has 4 aromatic rings. The molecule has 0 bridgehead atoms. The van der Waals surface area contributed by atoms with Gasteiger partial charge in [0.1, 0.15) is 0 Å². The Morgan fingerprint density at radius 3 is 2.80 bits per heavy atom. The minimum Gasteiger partial charge on any atom is -0.449 e. The first kappa shape index (κ1) is 15.8. The van der Waals surface area contributed by atoms with Gasteiger partial charge in [-0.2, -0.15) is 0 Å². The van der Waals surface area contributed by atoms with Crippen LogP contribution in [0.5, 0.6) is 0 Å². The van der Waals surface area contributed by atoms with Gasteiger partial charge in [0.2, 0.25) is 0 Å². The van der Waals surface area contributed by atoms with Crippen LogP contribution in [0.15, 0.2) is 53.1 Å². The molecule has 2 aromatic heterocycles. The van der Waals surface area contributed by atoms with Gasteiger partial charge in [-0.1, -0.05) is 41.9 Å². The molecule has 0 unspecified atom stereocenters. The van der Waals surface area contributed by atoms with Crippen molar-refractivity contribution in [1.82, 2.24) is 10.3 Å². The van der Waals surface area contributed by atoms with Gasteiger partial charge in [-0.3, -0.25) is 4.79 Å². The van der Waals surface area contributed by atoms with Crippen LogP contribution in [-0.4, -0.2) is 17.4 Å². The van der Waals surface area contributed by atoms with E-state index in [1.54, 1.807) is 6.07 Å². The molecule has 25 heavy (non-hydrogen) atoms. The molecule has 1 amide bonds. The van der Waals surface area contributed by atoms with E-state index in [0.717, 1.165) is 22.9 Å². The molecule has 2 heterocycles. The first-order valence-electron chi connectivity index (χ1n) is 8.16. The number of amides is 1. The Hall–Kier alpha value is -2.72. The molecule has 4 rings (SSSR count). The number of aromatic nitrogens is 1. The molecule has 2 N–H and O–H groups in total. The smallest absolute Gasteiger partial charge is 0.287 e. The van der Waals surface area contributed by atoms with Crippen molar-refractivity contribution >= 4 is 39.4 Å². The van der Waals surface area contributed by atoms with Gasteiger partial charge in [0.15, 0.2) is 11.3 Å². The number of furan rings is 1. The van der Waals surface area contributed by atoms with Crippen LogP contribution >= 0.6 is 11.6 Å². The SMILES string of the molecule is Cc1c(C(=O)NCCc2c[nH]c3ccccc23)oc2c(Cl)cccc12. The van der Waals surface area contributed by atoms with E-state index in [1.165, 1.54) is 10.9 Å². The van der Waals surface area contributed by atoms with Crippen molar-refractivity contribution in [1.29, 1.82) is 0 Å². The Bertz CT molecular complexity index is 1080. The highest BCUT2D eigenvalue weighted by atomic mass is 35.5. The standard InChI is InChI=1S/C20H17ClN2O2/c1-12-14-6-4-7-16(21)19(14)25-18(12)20(24)22-10-9-13-11-23-17-8-3-2-5-15(13)17/h2-8,11,23H,9-10H2,1H3,(H,22,24). The van der Waals surface area contributed by atoms with Gasteiger partial charge >= 0.3 is 0 Å². The number of benzene rings is 2. The quantitative estimate of drug-likeness (QED) is 0.551. The van der Waals surface area contributed by atoms with Crippen LogP contribution in [0.25, 0.3) is 21.9 Å². The van der Waals surface area contributed by atoms with Crippen molar-refractivity contribution in [3.05, 3.63) is 70.6 Å². The third-order valence-corrected chi connectivity index (χ3v) is 4.77. The van der Waals surface area contributed by atoms with Gasteiger partial charge in [-0.15, -0.1) is 0 Å². The highest BCUT2D eigenvalue weighted by Gasteiger charge is 2.18.